The van der Waals surface area contributed by atoms with Gasteiger partial charge in [-0.1, -0.05) is 18.2 Å². The number of hydrogen-bond acceptors (Lipinski definition) is 5. The maximum Gasteiger partial charge on any atom is 0.201 e. The second kappa shape index (κ2) is 6.23. The molecule has 0 amide bonds. The van der Waals surface area contributed by atoms with Gasteiger partial charge in [0.2, 0.25) is 5.43 Å². The van der Waals surface area contributed by atoms with Crippen molar-refractivity contribution in [2.45, 2.75) is 4.90 Å². The third kappa shape index (κ3) is 2.87. The summed E-state index contributed by atoms with van der Waals surface area (Å²) in [6.45, 7) is 0. The first-order chi connectivity index (χ1) is 12.4. The Morgan fingerprint density at radius 1 is 0.923 bits per heavy atom. The normalized spacial score (nSPS) is 11.7. The summed E-state index contributed by atoms with van der Waals surface area (Å²) < 4.78 is 29.4. The molecule has 0 aliphatic heterocycles. The molecule has 0 atom stereocenters. The van der Waals surface area contributed by atoms with Crippen LogP contribution in [-0.4, -0.2) is 14.7 Å². The van der Waals surface area contributed by atoms with Crippen LogP contribution in [0.1, 0.15) is 0 Å². The van der Waals surface area contributed by atoms with Crippen LogP contribution >= 0.6 is 11.3 Å². The van der Waals surface area contributed by atoms with E-state index < -0.39 is 9.84 Å². The molecule has 0 aliphatic rings. The average molecular weight is 382 g/mol. The van der Waals surface area contributed by atoms with E-state index in [0.29, 0.717) is 27.9 Å². The predicted octanol–water partition coefficient (Wildman–Crippen LogP) is 4.59. The molecule has 0 aliphatic carbocycles. The van der Waals surface area contributed by atoms with Crippen LogP contribution < -0.4 is 5.43 Å². The standard InChI is InChI=1S/C20H14O4S2/c1-26(22,23)14-10-8-13(9-11-14)20-18(17-7-4-12-25-17)19(21)15-5-2-3-6-16(15)24-20/h2-12H,1H3. The molecule has 0 unspecified atom stereocenters. The Morgan fingerprint density at radius 2 is 1.65 bits per heavy atom. The lowest BCUT2D eigenvalue weighted by Crippen LogP contribution is -2.06. The first-order valence-corrected chi connectivity index (χ1v) is 10.6. The van der Waals surface area contributed by atoms with Crippen molar-refractivity contribution in [1.29, 1.82) is 0 Å². The first-order valence-electron chi connectivity index (χ1n) is 7.85. The molecule has 0 radical (unpaired) electrons. The smallest absolute Gasteiger partial charge is 0.201 e. The molecule has 130 valence electrons. The summed E-state index contributed by atoms with van der Waals surface area (Å²) in [5.74, 6) is 0.441. The van der Waals surface area contributed by atoms with E-state index in [9.17, 15) is 13.2 Å². The summed E-state index contributed by atoms with van der Waals surface area (Å²) in [5, 5.41) is 2.42. The van der Waals surface area contributed by atoms with Gasteiger partial charge in [0, 0.05) is 16.7 Å². The molecule has 4 aromatic rings. The Bertz CT molecular complexity index is 1250. The first kappa shape index (κ1) is 16.8. The van der Waals surface area contributed by atoms with Gasteiger partial charge in [-0.2, -0.15) is 0 Å². The lowest BCUT2D eigenvalue weighted by molar-refractivity contribution is 0.601. The fourth-order valence-electron chi connectivity index (χ4n) is 2.84. The molecular formula is C20H14O4S2. The minimum absolute atomic E-state index is 0.100. The van der Waals surface area contributed by atoms with E-state index >= 15 is 0 Å². The molecule has 0 N–H and O–H groups in total. The number of fused-ring (bicyclic) bond motifs is 1. The molecule has 6 heteroatoms. The lowest BCUT2D eigenvalue weighted by atomic mass is 10.0. The van der Waals surface area contributed by atoms with Crippen molar-refractivity contribution in [1.82, 2.24) is 0 Å². The number of hydrogen-bond donors (Lipinski definition) is 0. The van der Waals surface area contributed by atoms with E-state index in [1.165, 1.54) is 23.5 Å². The van der Waals surface area contributed by atoms with Crippen molar-refractivity contribution in [2.24, 2.45) is 0 Å². The largest absolute Gasteiger partial charge is 0.455 e. The highest BCUT2D eigenvalue weighted by Gasteiger charge is 2.19. The van der Waals surface area contributed by atoms with Crippen molar-refractivity contribution in [2.75, 3.05) is 6.26 Å². The van der Waals surface area contributed by atoms with Gasteiger partial charge in [0.1, 0.15) is 11.3 Å². The van der Waals surface area contributed by atoms with E-state index in [-0.39, 0.29) is 10.3 Å². The Hall–Kier alpha value is -2.70. The molecule has 0 spiro atoms. The van der Waals surface area contributed by atoms with Crippen molar-refractivity contribution in [3.63, 3.8) is 0 Å². The lowest BCUT2D eigenvalue weighted by Gasteiger charge is -2.09. The minimum atomic E-state index is -3.29. The summed E-state index contributed by atoms with van der Waals surface area (Å²) >= 11 is 1.46. The topological polar surface area (TPSA) is 64.3 Å². The monoisotopic (exact) mass is 382 g/mol. The number of para-hydroxylation sites is 1. The van der Waals surface area contributed by atoms with Gasteiger partial charge in [-0.3, -0.25) is 4.79 Å². The summed E-state index contributed by atoms with van der Waals surface area (Å²) in [6, 6.07) is 17.3. The van der Waals surface area contributed by atoms with Crippen LogP contribution in [0.25, 0.3) is 32.7 Å². The number of sulfone groups is 1. The molecule has 0 saturated carbocycles. The third-order valence-electron chi connectivity index (χ3n) is 4.11. The summed E-state index contributed by atoms with van der Waals surface area (Å²) in [4.78, 5) is 14.1. The van der Waals surface area contributed by atoms with Gasteiger partial charge in [-0.05, 0) is 47.8 Å². The molecule has 4 rings (SSSR count). The highest BCUT2D eigenvalue weighted by Crippen LogP contribution is 2.35. The van der Waals surface area contributed by atoms with Gasteiger partial charge in [0.05, 0.1) is 15.8 Å². The van der Waals surface area contributed by atoms with Crippen molar-refractivity contribution in [3.05, 3.63) is 76.3 Å². The molecule has 0 saturated heterocycles. The molecule has 2 aromatic heterocycles. The second-order valence-corrected chi connectivity index (χ2v) is 8.87. The van der Waals surface area contributed by atoms with Crippen molar-refractivity contribution >= 4 is 32.1 Å². The van der Waals surface area contributed by atoms with Crippen LogP contribution in [0.2, 0.25) is 0 Å². The van der Waals surface area contributed by atoms with Crippen molar-refractivity contribution in [3.8, 4) is 21.8 Å². The van der Waals surface area contributed by atoms with Gasteiger partial charge >= 0.3 is 0 Å². The van der Waals surface area contributed by atoms with E-state index in [2.05, 4.69) is 0 Å². The van der Waals surface area contributed by atoms with Gasteiger partial charge < -0.3 is 4.42 Å². The van der Waals surface area contributed by atoms with Gasteiger partial charge in [-0.15, -0.1) is 11.3 Å². The fraction of sp³-hybridized carbons (Fsp3) is 0.0500. The van der Waals surface area contributed by atoms with Gasteiger partial charge in [0.25, 0.3) is 0 Å². The number of thiophene rings is 1. The maximum atomic E-state index is 13.1. The minimum Gasteiger partial charge on any atom is -0.455 e. The summed E-state index contributed by atoms with van der Waals surface area (Å²) in [5.41, 5.74) is 1.55. The molecule has 4 nitrogen and oxygen atoms in total. The maximum absolute atomic E-state index is 13.1. The Morgan fingerprint density at radius 3 is 2.31 bits per heavy atom. The second-order valence-electron chi connectivity index (χ2n) is 5.91. The molecular weight excluding hydrogens is 368 g/mol. The highest BCUT2D eigenvalue weighted by atomic mass is 32.2. The van der Waals surface area contributed by atoms with Gasteiger partial charge in [0.15, 0.2) is 9.84 Å². The fourth-order valence-corrected chi connectivity index (χ4v) is 4.24. The predicted molar refractivity (Wildman–Crippen MR) is 104 cm³/mol. The highest BCUT2D eigenvalue weighted by molar-refractivity contribution is 7.90. The Kier molecular flexibility index (Phi) is 4.01. The van der Waals surface area contributed by atoms with E-state index in [1.807, 2.05) is 23.6 Å². The van der Waals surface area contributed by atoms with Crippen LogP contribution in [0, 0.1) is 0 Å². The average Bonchev–Trinajstić information content (AvgIpc) is 3.15. The third-order valence-corrected chi connectivity index (χ3v) is 6.13. The molecule has 0 bridgehead atoms. The number of rotatable bonds is 3. The number of benzene rings is 2. The Balaban J connectivity index is 2.03. The van der Waals surface area contributed by atoms with Crippen LogP contribution in [-0.2, 0) is 9.84 Å². The van der Waals surface area contributed by atoms with Crippen LogP contribution in [0.15, 0.2) is 80.2 Å². The van der Waals surface area contributed by atoms with E-state index in [4.69, 9.17) is 4.42 Å². The Labute approximate surface area is 154 Å². The van der Waals surface area contributed by atoms with Crippen molar-refractivity contribution < 1.29 is 12.8 Å². The quantitative estimate of drug-likeness (QED) is 0.520. The SMILES string of the molecule is CS(=O)(=O)c1ccc(-c2oc3ccccc3c(=O)c2-c2cccs2)cc1. The van der Waals surface area contributed by atoms with E-state index in [1.54, 1.807) is 30.3 Å². The van der Waals surface area contributed by atoms with Crippen LogP contribution in [0.3, 0.4) is 0 Å². The zero-order chi connectivity index (χ0) is 18.3. The zero-order valence-corrected chi connectivity index (χ0v) is 15.4. The summed E-state index contributed by atoms with van der Waals surface area (Å²) in [7, 11) is -3.29. The molecule has 0 fully saturated rings. The van der Waals surface area contributed by atoms with Gasteiger partial charge in [-0.25, -0.2) is 8.42 Å². The van der Waals surface area contributed by atoms with Crippen LogP contribution in [0.4, 0.5) is 0 Å². The zero-order valence-electron chi connectivity index (χ0n) is 13.8. The van der Waals surface area contributed by atoms with Crippen LogP contribution in [0.5, 0.6) is 0 Å². The summed E-state index contributed by atoms with van der Waals surface area (Å²) in [6.07, 6.45) is 1.16. The molecule has 26 heavy (non-hydrogen) atoms. The van der Waals surface area contributed by atoms with E-state index in [0.717, 1.165) is 11.1 Å². The molecule has 2 heterocycles. The molecule has 2 aromatic carbocycles.